The number of hydrogen-bond acceptors (Lipinski definition) is 3. The fourth-order valence-electron chi connectivity index (χ4n) is 3.82. The molecule has 1 aliphatic carbocycles. The second-order valence-electron chi connectivity index (χ2n) is 6.44. The summed E-state index contributed by atoms with van der Waals surface area (Å²) in [7, 11) is 3.81. The van der Waals surface area contributed by atoms with Crippen molar-refractivity contribution < 1.29 is 9.53 Å². The first-order chi connectivity index (χ1) is 10.2. The molecule has 3 atom stereocenters. The van der Waals surface area contributed by atoms with Gasteiger partial charge in [-0.15, -0.1) is 0 Å². The number of amides is 1. The van der Waals surface area contributed by atoms with Gasteiger partial charge in [0, 0.05) is 18.2 Å². The molecule has 1 aromatic carbocycles. The molecule has 0 unspecified atom stereocenters. The number of benzene rings is 1. The lowest BCUT2D eigenvalue weighted by Crippen LogP contribution is -2.35. The molecule has 0 radical (unpaired) electrons. The maximum Gasteiger partial charge on any atom is 0.251 e. The number of hydrogen-bond donors (Lipinski definition) is 1. The number of ether oxygens (including phenoxy) is 1. The van der Waals surface area contributed by atoms with Crippen LogP contribution < -0.4 is 10.1 Å². The molecule has 0 aromatic heterocycles. The molecule has 2 fully saturated rings. The smallest absolute Gasteiger partial charge is 0.251 e. The van der Waals surface area contributed by atoms with Crippen LogP contribution in [0.25, 0.3) is 0 Å². The topological polar surface area (TPSA) is 41.6 Å². The summed E-state index contributed by atoms with van der Waals surface area (Å²) < 4.78 is 5.18. The van der Waals surface area contributed by atoms with Gasteiger partial charge in [0.05, 0.1) is 7.11 Å². The van der Waals surface area contributed by atoms with Gasteiger partial charge in [-0.2, -0.15) is 0 Å². The van der Waals surface area contributed by atoms with E-state index in [1.54, 1.807) is 13.2 Å². The van der Waals surface area contributed by atoms with Gasteiger partial charge in [-0.05, 0) is 62.9 Å². The molecule has 1 N–H and O–H groups in total. The fourth-order valence-corrected chi connectivity index (χ4v) is 3.82. The Balaban J connectivity index is 1.60. The van der Waals surface area contributed by atoms with Crippen LogP contribution in [0.3, 0.4) is 0 Å². The standard InChI is InChI=1S/C17H24N2O2/c1-19-7-6-12-8-15(9-14(12)11-19)18-17(20)13-4-3-5-16(10-13)21-2/h3-5,10,12,14-15H,6-9,11H2,1-2H3,(H,18,20)/t12-,14-,15-/m0/s1. The van der Waals surface area contributed by atoms with Crippen molar-refractivity contribution in [1.29, 1.82) is 0 Å². The van der Waals surface area contributed by atoms with Crippen LogP contribution in [-0.4, -0.2) is 44.1 Å². The molecule has 114 valence electrons. The van der Waals surface area contributed by atoms with Crippen LogP contribution in [0.1, 0.15) is 29.6 Å². The zero-order valence-corrected chi connectivity index (χ0v) is 12.8. The number of piperidine rings is 1. The second-order valence-corrected chi connectivity index (χ2v) is 6.44. The van der Waals surface area contributed by atoms with Gasteiger partial charge < -0.3 is 15.0 Å². The van der Waals surface area contributed by atoms with E-state index in [0.29, 0.717) is 11.6 Å². The van der Waals surface area contributed by atoms with Crippen molar-refractivity contribution in [3.05, 3.63) is 29.8 Å². The van der Waals surface area contributed by atoms with Gasteiger partial charge in [0.15, 0.2) is 0 Å². The maximum absolute atomic E-state index is 12.4. The van der Waals surface area contributed by atoms with Crippen molar-refractivity contribution >= 4 is 5.91 Å². The molecule has 1 aromatic rings. The number of nitrogens with one attached hydrogen (secondary N) is 1. The van der Waals surface area contributed by atoms with Crippen LogP contribution in [-0.2, 0) is 0 Å². The molecule has 1 saturated heterocycles. The minimum absolute atomic E-state index is 0.0194. The summed E-state index contributed by atoms with van der Waals surface area (Å²) in [5.41, 5.74) is 0.682. The van der Waals surface area contributed by atoms with Crippen molar-refractivity contribution in [2.75, 3.05) is 27.2 Å². The normalized spacial score (nSPS) is 29.0. The Morgan fingerprint density at radius 3 is 2.95 bits per heavy atom. The Morgan fingerprint density at radius 2 is 2.14 bits per heavy atom. The average Bonchev–Trinajstić information content (AvgIpc) is 2.88. The molecule has 4 heteroatoms. The lowest BCUT2D eigenvalue weighted by atomic mass is 9.89. The van der Waals surface area contributed by atoms with Crippen LogP contribution in [0.4, 0.5) is 0 Å². The van der Waals surface area contributed by atoms with E-state index in [4.69, 9.17) is 4.74 Å². The van der Waals surface area contributed by atoms with E-state index in [1.807, 2.05) is 18.2 Å². The molecule has 3 rings (SSSR count). The van der Waals surface area contributed by atoms with E-state index < -0.39 is 0 Å². The van der Waals surface area contributed by atoms with E-state index in [9.17, 15) is 4.79 Å². The summed E-state index contributed by atoms with van der Waals surface area (Å²) >= 11 is 0. The highest BCUT2D eigenvalue weighted by Gasteiger charge is 2.37. The number of nitrogens with zero attached hydrogens (tertiary/aromatic N) is 1. The predicted molar refractivity (Wildman–Crippen MR) is 82.6 cm³/mol. The molecule has 1 aliphatic heterocycles. The van der Waals surface area contributed by atoms with Crippen LogP contribution in [0.15, 0.2) is 24.3 Å². The monoisotopic (exact) mass is 288 g/mol. The van der Waals surface area contributed by atoms with Gasteiger partial charge in [0.25, 0.3) is 5.91 Å². The van der Waals surface area contributed by atoms with Crippen LogP contribution in [0.5, 0.6) is 5.75 Å². The minimum atomic E-state index is 0.0194. The molecule has 1 heterocycles. The lowest BCUT2D eigenvalue weighted by molar-refractivity contribution is 0.0936. The van der Waals surface area contributed by atoms with Crippen LogP contribution >= 0.6 is 0 Å². The summed E-state index contributed by atoms with van der Waals surface area (Å²) in [6.07, 6.45) is 3.52. The second kappa shape index (κ2) is 6.06. The van der Waals surface area contributed by atoms with Gasteiger partial charge in [-0.3, -0.25) is 4.79 Å². The van der Waals surface area contributed by atoms with E-state index in [1.165, 1.54) is 19.5 Å². The number of fused-ring (bicyclic) bond motifs is 1. The van der Waals surface area contributed by atoms with E-state index in [-0.39, 0.29) is 5.91 Å². The highest BCUT2D eigenvalue weighted by molar-refractivity contribution is 5.94. The van der Waals surface area contributed by atoms with E-state index in [2.05, 4.69) is 17.3 Å². The van der Waals surface area contributed by atoms with Crippen molar-refractivity contribution in [2.24, 2.45) is 11.8 Å². The van der Waals surface area contributed by atoms with Crippen molar-refractivity contribution in [1.82, 2.24) is 10.2 Å². The van der Waals surface area contributed by atoms with Gasteiger partial charge in [0.1, 0.15) is 5.75 Å². The number of likely N-dealkylation sites (tertiary alicyclic amines) is 1. The van der Waals surface area contributed by atoms with Gasteiger partial charge >= 0.3 is 0 Å². The van der Waals surface area contributed by atoms with Crippen LogP contribution in [0.2, 0.25) is 0 Å². The zero-order valence-electron chi connectivity index (χ0n) is 12.8. The third-order valence-corrected chi connectivity index (χ3v) is 4.94. The zero-order chi connectivity index (χ0) is 14.8. The Labute approximate surface area is 126 Å². The average molecular weight is 288 g/mol. The Bertz CT molecular complexity index is 517. The fraction of sp³-hybridized carbons (Fsp3) is 0.588. The highest BCUT2D eigenvalue weighted by atomic mass is 16.5. The quantitative estimate of drug-likeness (QED) is 0.926. The third-order valence-electron chi connectivity index (χ3n) is 4.94. The maximum atomic E-state index is 12.4. The van der Waals surface area contributed by atoms with Crippen molar-refractivity contribution in [2.45, 2.75) is 25.3 Å². The Morgan fingerprint density at radius 1 is 1.33 bits per heavy atom. The summed E-state index contributed by atoms with van der Waals surface area (Å²) in [4.78, 5) is 14.8. The summed E-state index contributed by atoms with van der Waals surface area (Å²) in [6, 6.07) is 7.68. The van der Waals surface area contributed by atoms with Crippen molar-refractivity contribution in [3.8, 4) is 5.75 Å². The van der Waals surface area contributed by atoms with E-state index in [0.717, 1.165) is 30.4 Å². The first kappa shape index (κ1) is 14.4. The number of rotatable bonds is 3. The molecule has 4 nitrogen and oxygen atoms in total. The van der Waals surface area contributed by atoms with Crippen molar-refractivity contribution in [3.63, 3.8) is 0 Å². The number of methoxy groups -OCH3 is 1. The molecule has 2 aliphatic rings. The largest absolute Gasteiger partial charge is 0.497 e. The molecular weight excluding hydrogens is 264 g/mol. The minimum Gasteiger partial charge on any atom is -0.497 e. The molecule has 1 amide bonds. The third kappa shape index (κ3) is 3.21. The first-order valence-electron chi connectivity index (χ1n) is 7.79. The SMILES string of the molecule is COc1cccc(C(=O)N[C@H]2C[C@@H]3CCN(C)C[C@@H]3C2)c1. The number of carbonyl (C=O) groups excluding carboxylic acids is 1. The van der Waals surface area contributed by atoms with Gasteiger partial charge in [-0.1, -0.05) is 6.07 Å². The van der Waals surface area contributed by atoms with Crippen LogP contribution in [0, 0.1) is 11.8 Å². The lowest BCUT2D eigenvalue weighted by Gasteiger charge is -2.31. The van der Waals surface area contributed by atoms with Gasteiger partial charge in [-0.25, -0.2) is 0 Å². The number of carbonyl (C=O) groups is 1. The summed E-state index contributed by atoms with van der Waals surface area (Å²) in [5, 5.41) is 3.20. The Hall–Kier alpha value is -1.55. The summed E-state index contributed by atoms with van der Waals surface area (Å²) in [6.45, 7) is 2.37. The molecule has 0 bridgehead atoms. The molecular formula is C17H24N2O2. The Kier molecular flexibility index (Phi) is 4.15. The molecule has 1 saturated carbocycles. The molecule has 21 heavy (non-hydrogen) atoms. The van der Waals surface area contributed by atoms with Gasteiger partial charge in [0.2, 0.25) is 0 Å². The summed E-state index contributed by atoms with van der Waals surface area (Å²) in [5.74, 6) is 2.28. The van der Waals surface area contributed by atoms with E-state index >= 15 is 0 Å². The predicted octanol–water partition coefficient (Wildman–Crippen LogP) is 2.16. The first-order valence-corrected chi connectivity index (χ1v) is 7.79. The molecule has 0 spiro atoms. The highest BCUT2D eigenvalue weighted by Crippen LogP contribution is 2.37.